The fourth-order valence-corrected chi connectivity index (χ4v) is 0.590. The Balaban J connectivity index is 4.05. The van der Waals surface area contributed by atoms with Crippen LogP contribution in [0.25, 0.3) is 0 Å². The van der Waals surface area contributed by atoms with Gasteiger partial charge in [0.25, 0.3) is 0 Å². The molecule has 0 aliphatic carbocycles. The van der Waals surface area contributed by atoms with E-state index >= 15 is 0 Å². The second kappa shape index (κ2) is 4.33. The third kappa shape index (κ3) is 5.31. The molecule has 0 radical (unpaired) electrons. The number of halogens is 2. The Hall–Kier alpha value is -0.560. The van der Waals surface area contributed by atoms with Crippen LogP contribution in [-0.4, -0.2) is 0 Å². The van der Waals surface area contributed by atoms with Gasteiger partial charge in [-0.15, -0.1) is 0 Å². The Kier molecular flexibility index (Phi) is 4.06. The minimum Gasteiger partial charge on any atom is -0.212 e. The average molecular weight is 147 g/mol. The fourth-order valence-electron chi connectivity index (χ4n) is 0.351. The minimum atomic E-state index is -0.307. The molecule has 0 aromatic rings. The van der Waals surface area contributed by atoms with Gasteiger partial charge in [-0.3, -0.25) is 0 Å². The summed E-state index contributed by atoms with van der Waals surface area (Å²) in [5.41, 5.74) is 0. The first-order chi connectivity index (χ1) is 4.16. The van der Waals surface area contributed by atoms with Gasteiger partial charge < -0.3 is 0 Å². The van der Waals surface area contributed by atoms with Gasteiger partial charge in [-0.25, -0.2) is 4.39 Å². The van der Waals surface area contributed by atoms with E-state index in [1.165, 1.54) is 25.2 Å². The van der Waals surface area contributed by atoms with Gasteiger partial charge in [0.15, 0.2) is 0 Å². The molecule has 0 bridgehead atoms. The third-order valence-corrected chi connectivity index (χ3v) is 0.849. The van der Waals surface area contributed by atoms with E-state index in [-0.39, 0.29) is 5.83 Å². The molecule has 0 aliphatic heterocycles. The van der Waals surface area contributed by atoms with Crippen LogP contribution in [0.1, 0.15) is 6.92 Å². The van der Waals surface area contributed by atoms with Crippen LogP contribution < -0.4 is 0 Å². The molecule has 0 saturated carbocycles. The van der Waals surface area contributed by atoms with Gasteiger partial charge in [0.05, 0.1) is 5.83 Å². The van der Waals surface area contributed by atoms with Crippen molar-refractivity contribution in [3.05, 3.63) is 35.7 Å². The maximum atomic E-state index is 12.0. The van der Waals surface area contributed by atoms with E-state index in [9.17, 15) is 4.39 Å². The lowest BCUT2D eigenvalue weighted by atomic mass is 10.4. The predicted molar refractivity (Wildman–Crippen MR) is 39.0 cm³/mol. The van der Waals surface area contributed by atoms with Crippen LogP contribution in [0.3, 0.4) is 0 Å². The first kappa shape index (κ1) is 8.44. The quantitative estimate of drug-likeness (QED) is 0.525. The van der Waals surface area contributed by atoms with Crippen LogP contribution in [0.2, 0.25) is 0 Å². The lowest BCUT2D eigenvalue weighted by Gasteiger charge is -1.83. The van der Waals surface area contributed by atoms with E-state index in [0.717, 1.165) is 0 Å². The summed E-state index contributed by atoms with van der Waals surface area (Å²) in [7, 11) is 0. The van der Waals surface area contributed by atoms with Crippen molar-refractivity contribution < 1.29 is 4.39 Å². The monoisotopic (exact) mass is 146 g/mol. The predicted octanol–water partition coefficient (Wildman–Crippen LogP) is 3.17. The second-order valence-corrected chi connectivity index (χ2v) is 1.95. The molecule has 0 aliphatic rings. The Labute approximate surface area is 59.3 Å². The summed E-state index contributed by atoms with van der Waals surface area (Å²) in [6.45, 7) is 4.73. The van der Waals surface area contributed by atoms with Gasteiger partial charge in [-0.05, 0) is 19.1 Å². The molecule has 0 aromatic heterocycles. The summed E-state index contributed by atoms with van der Waals surface area (Å²) in [5, 5.41) is 0.352. The van der Waals surface area contributed by atoms with Crippen molar-refractivity contribution >= 4 is 11.6 Å². The Morgan fingerprint density at radius 3 is 2.56 bits per heavy atom. The Bertz CT molecular complexity index is 152. The third-order valence-electron chi connectivity index (χ3n) is 0.614. The van der Waals surface area contributed by atoms with Crippen LogP contribution >= 0.6 is 11.6 Å². The van der Waals surface area contributed by atoms with Crippen LogP contribution in [0, 0.1) is 0 Å². The molecule has 50 valence electrons. The second-order valence-electron chi connectivity index (χ2n) is 1.52. The van der Waals surface area contributed by atoms with E-state index in [0.29, 0.717) is 5.03 Å². The highest BCUT2D eigenvalue weighted by Crippen LogP contribution is 2.07. The lowest BCUT2D eigenvalue weighted by molar-refractivity contribution is 0.640. The largest absolute Gasteiger partial charge is 0.212 e. The maximum Gasteiger partial charge on any atom is 0.0983 e. The number of hydrogen-bond donors (Lipinski definition) is 0. The molecule has 0 nitrogen and oxygen atoms in total. The first-order valence-electron chi connectivity index (χ1n) is 2.49. The smallest absolute Gasteiger partial charge is 0.0983 e. The molecule has 0 fully saturated rings. The molecule has 0 unspecified atom stereocenters. The highest BCUT2D eigenvalue weighted by Gasteiger charge is 1.84. The summed E-state index contributed by atoms with van der Waals surface area (Å²) in [6.07, 6.45) is 4.25. The first-order valence-corrected chi connectivity index (χ1v) is 2.86. The van der Waals surface area contributed by atoms with Gasteiger partial charge in [0, 0.05) is 5.03 Å². The van der Waals surface area contributed by atoms with Gasteiger partial charge in [0.2, 0.25) is 0 Å². The van der Waals surface area contributed by atoms with E-state index in [1.54, 1.807) is 0 Å². The topological polar surface area (TPSA) is 0 Å². The van der Waals surface area contributed by atoms with Crippen LogP contribution in [0.15, 0.2) is 35.7 Å². The van der Waals surface area contributed by atoms with Crippen molar-refractivity contribution in [3.63, 3.8) is 0 Å². The van der Waals surface area contributed by atoms with Crippen molar-refractivity contribution in [2.45, 2.75) is 6.92 Å². The van der Waals surface area contributed by atoms with Crippen LogP contribution in [-0.2, 0) is 0 Å². The zero-order valence-electron chi connectivity index (χ0n) is 5.20. The van der Waals surface area contributed by atoms with Crippen LogP contribution in [0.5, 0.6) is 0 Å². The Morgan fingerprint density at radius 2 is 2.22 bits per heavy atom. The van der Waals surface area contributed by atoms with Crippen molar-refractivity contribution in [2.75, 3.05) is 0 Å². The highest BCUT2D eigenvalue weighted by atomic mass is 35.5. The van der Waals surface area contributed by atoms with E-state index < -0.39 is 0 Å². The SMILES string of the molecule is C=C/C=C(Cl)\C=C(/C)F. The number of allylic oxidation sites excluding steroid dienone is 5. The number of rotatable bonds is 2. The molecule has 0 N–H and O–H groups in total. The van der Waals surface area contributed by atoms with Crippen molar-refractivity contribution in [1.82, 2.24) is 0 Å². The number of hydrogen-bond acceptors (Lipinski definition) is 0. The van der Waals surface area contributed by atoms with E-state index in [2.05, 4.69) is 6.58 Å². The Morgan fingerprint density at radius 1 is 1.67 bits per heavy atom. The summed E-state index contributed by atoms with van der Waals surface area (Å²) in [4.78, 5) is 0. The molecule has 2 heteroatoms. The summed E-state index contributed by atoms with van der Waals surface area (Å²) in [5.74, 6) is -0.307. The summed E-state index contributed by atoms with van der Waals surface area (Å²) < 4.78 is 12.0. The van der Waals surface area contributed by atoms with Crippen molar-refractivity contribution in [3.8, 4) is 0 Å². The van der Waals surface area contributed by atoms with Gasteiger partial charge in [-0.2, -0.15) is 0 Å². The van der Waals surface area contributed by atoms with E-state index in [1.807, 2.05) is 0 Å². The average Bonchev–Trinajstić information content (AvgIpc) is 1.63. The maximum absolute atomic E-state index is 12.0. The van der Waals surface area contributed by atoms with Gasteiger partial charge in [0.1, 0.15) is 0 Å². The van der Waals surface area contributed by atoms with Gasteiger partial charge in [-0.1, -0.05) is 24.3 Å². The summed E-state index contributed by atoms with van der Waals surface area (Å²) >= 11 is 5.45. The normalized spacial score (nSPS) is 13.7. The highest BCUT2D eigenvalue weighted by molar-refractivity contribution is 6.31. The fraction of sp³-hybridized carbons (Fsp3) is 0.143. The molecule has 0 saturated heterocycles. The van der Waals surface area contributed by atoms with Crippen LogP contribution in [0.4, 0.5) is 4.39 Å². The summed E-state index contributed by atoms with van der Waals surface area (Å²) in [6, 6.07) is 0. The molecule has 0 amide bonds. The zero-order valence-corrected chi connectivity index (χ0v) is 5.95. The standard InChI is InChI=1S/C7H8ClF/c1-3-4-7(8)5-6(2)9/h3-5H,1H2,2H3/b6-5+,7-4+. The molecule has 0 heterocycles. The molecule has 0 atom stereocenters. The molecule has 0 spiro atoms. The van der Waals surface area contributed by atoms with Gasteiger partial charge >= 0.3 is 0 Å². The molecular formula is C7H8ClF. The zero-order chi connectivity index (χ0) is 7.28. The molecule has 0 aromatic carbocycles. The van der Waals surface area contributed by atoms with Crippen molar-refractivity contribution in [1.29, 1.82) is 0 Å². The molecule has 9 heavy (non-hydrogen) atoms. The van der Waals surface area contributed by atoms with Crippen molar-refractivity contribution in [2.24, 2.45) is 0 Å². The van der Waals surface area contributed by atoms with E-state index in [4.69, 9.17) is 11.6 Å². The lowest BCUT2D eigenvalue weighted by Crippen LogP contribution is -1.63. The molecular weight excluding hydrogens is 139 g/mol. The minimum absolute atomic E-state index is 0.307. The molecule has 0 rings (SSSR count).